The van der Waals surface area contributed by atoms with Crippen LogP contribution in [0.5, 0.6) is 5.75 Å². The lowest BCUT2D eigenvalue weighted by atomic mass is 9.79. The number of hydrogen-bond donors (Lipinski definition) is 2. The van der Waals surface area contributed by atoms with Crippen LogP contribution in [0.3, 0.4) is 0 Å². The van der Waals surface area contributed by atoms with E-state index in [0.717, 1.165) is 16.9 Å². The molecule has 5 nitrogen and oxygen atoms in total. The van der Waals surface area contributed by atoms with Crippen LogP contribution in [0.4, 0.5) is 5.69 Å². The standard InChI is InChI=1S/C16H16BNO4/c1-10-7-11(4-6-15(10)21-2)16(19)18-13-5-3-12-9-22-17(20)14(12)8-13/h3-8,20H,9H2,1-2H3,(H,18,19). The van der Waals surface area contributed by atoms with Crippen molar-refractivity contribution in [3.63, 3.8) is 0 Å². The van der Waals surface area contributed by atoms with Gasteiger partial charge in [0.25, 0.3) is 5.91 Å². The molecule has 1 heterocycles. The van der Waals surface area contributed by atoms with Gasteiger partial charge in [0.1, 0.15) is 5.75 Å². The van der Waals surface area contributed by atoms with Crippen LogP contribution in [-0.4, -0.2) is 25.2 Å². The Morgan fingerprint density at radius 2 is 2.14 bits per heavy atom. The first-order chi connectivity index (χ1) is 10.6. The molecule has 0 spiro atoms. The Hall–Kier alpha value is -2.31. The van der Waals surface area contributed by atoms with Gasteiger partial charge in [0.2, 0.25) is 0 Å². The molecule has 0 radical (unpaired) electrons. The van der Waals surface area contributed by atoms with E-state index in [-0.39, 0.29) is 5.91 Å². The third-order valence-corrected chi connectivity index (χ3v) is 3.72. The molecule has 0 saturated heterocycles. The Morgan fingerprint density at radius 3 is 2.86 bits per heavy atom. The number of benzene rings is 2. The summed E-state index contributed by atoms with van der Waals surface area (Å²) < 4.78 is 10.3. The molecule has 0 bridgehead atoms. The van der Waals surface area contributed by atoms with Crippen LogP contribution in [0.15, 0.2) is 36.4 Å². The number of carbonyl (C=O) groups excluding carboxylic acids is 1. The van der Waals surface area contributed by atoms with Gasteiger partial charge >= 0.3 is 7.12 Å². The zero-order valence-corrected chi connectivity index (χ0v) is 12.4. The van der Waals surface area contributed by atoms with Gasteiger partial charge in [0.05, 0.1) is 13.7 Å². The van der Waals surface area contributed by atoms with Gasteiger partial charge in [-0.1, -0.05) is 6.07 Å². The maximum absolute atomic E-state index is 12.3. The number of carbonyl (C=O) groups is 1. The van der Waals surface area contributed by atoms with Crippen molar-refractivity contribution in [1.29, 1.82) is 0 Å². The smallest absolute Gasteiger partial charge is 0.491 e. The van der Waals surface area contributed by atoms with E-state index in [1.165, 1.54) is 0 Å². The van der Waals surface area contributed by atoms with Gasteiger partial charge in [-0.15, -0.1) is 0 Å². The minimum atomic E-state index is -0.921. The number of fused-ring (bicyclic) bond motifs is 1. The quantitative estimate of drug-likeness (QED) is 0.842. The van der Waals surface area contributed by atoms with Crippen molar-refractivity contribution < 1.29 is 19.2 Å². The largest absolute Gasteiger partial charge is 0.496 e. The van der Waals surface area contributed by atoms with Gasteiger partial charge < -0.3 is 19.7 Å². The van der Waals surface area contributed by atoms with E-state index in [2.05, 4.69) is 5.32 Å². The Bertz CT molecular complexity index is 732. The molecular formula is C16H16BNO4. The first-order valence-corrected chi connectivity index (χ1v) is 6.97. The van der Waals surface area contributed by atoms with Crippen LogP contribution in [0.1, 0.15) is 21.5 Å². The lowest BCUT2D eigenvalue weighted by Gasteiger charge is -2.09. The number of amides is 1. The molecule has 2 aromatic rings. The first-order valence-electron chi connectivity index (χ1n) is 6.97. The van der Waals surface area contributed by atoms with E-state index in [0.29, 0.717) is 23.3 Å². The predicted molar refractivity (Wildman–Crippen MR) is 84.5 cm³/mol. The summed E-state index contributed by atoms with van der Waals surface area (Å²) in [7, 11) is 0.676. The lowest BCUT2D eigenvalue weighted by Crippen LogP contribution is -2.28. The molecule has 0 fully saturated rings. The van der Waals surface area contributed by atoms with Crippen molar-refractivity contribution in [1.82, 2.24) is 0 Å². The molecule has 1 amide bonds. The van der Waals surface area contributed by atoms with Gasteiger partial charge in [0.15, 0.2) is 0 Å². The zero-order chi connectivity index (χ0) is 15.7. The number of hydrogen-bond acceptors (Lipinski definition) is 4. The summed E-state index contributed by atoms with van der Waals surface area (Å²) in [6, 6.07) is 10.6. The fourth-order valence-corrected chi connectivity index (χ4v) is 2.52. The van der Waals surface area contributed by atoms with E-state index >= 15 is 0 Å². The van der Waals surface area contributed by atoms with Gasteiger partial charge in [0, 0.05) is 11.3 Å². The van der Waals surface area contributed by atoms with Crippen molar-refractivity contribution in [2.45, 2.75) is 13.5 Å². The second-order valence-corrected chi connectivity index (χ2v) is 5.22. The van der Waals surface area contributed by atoms with Crippen LogP contribution in [-0.2, 0) is 11.3 Å². The summed E-state index contributed by atoms with van der Waals surface area (Å²) in [5, 5.41) is 12.5. The summed E-state index contributed by atoms with van der Waals surface area (Å²) in [4.78, 5) is 12.3. The highest BCUT2D eigenvalue weighted by molar-refractivity contribution is 6.61. The van der Waals surface area contributed by atoms with Gasteiger partial charge in [-0.05, 0) is 53.8 Å². The van der Waals surface area contributed by atoms with Crippen LogP contribution >= 0.6 is 0 Å². The van der Waals surface area contributed by atoms with Crippen molar-refractivity contribution in [2.75, 3.05) is 12.4 Å². The summed E-state index contributed by atoms with van der Waals surface area (Å²) in [6.45, 7) is 2.28. The van der Waals surface area contributed by atoms with E-state index in [4.69, 9.17) is 9.39 Å². The third kappa shape index (κ3) is 2.71. The first kappa shape index (κ1) is 14.6. The van der Waals surface area contributed by atoms with E-state index in [1.54, 1.807) is 37.4 Å². The minimum absolute atomic E-state index is 0.209. The summed E-state index contributed by atoms with van der Waals surface area (Å²) in [5.74, 6) is 0.536. The highest BCUT2D eigenvalue weighted by Gasteiger charge is 2.27. The fraction of sp³-hybridized carbons (Fsp3) is 0.188. The maximum Gasteiger partial charge on any atom is 0.491 e. The van der Waals surface area contributed by atoms with Crippen LogP contribution < -0.4 is 15.5 Å². The van der Waals surface area contributed by atoms with Gasteiger partial charge in [-0.3, -0.25) is 4.79 Å². The second-order valence-electron chi connectivity index (χ2n) is 5.22. The molecule has 6 heteroatoms. The average molecular weight is 297 g/mol. The molecule has 0 atom stereocenters. The predicted octanol–water partition coefficient (Wildman–Crippen LogP) is 1.47. The molecular weight excluding hydrogens is 281 g/mol. The minimum Gasteiger partial charge on any atom is -0.496 e. The lowest BCUT2D eigenvalue weighted by molar-refractivity contribution is 0.102. The van der Waals surface area contributed by atoms with E-state index in [9.17, 15) is 9.82 Å². The van der Waals surface area contributed by atoms with E-state index < -0.39 is 7.12 Å². The Balaban J connectivity index is 1.80. The third-order valence-electron chi connectivity index (χ3n) is 3.72. The summed E-state index contributed by atoms with van der Waals surface area (Å²) in [6.07, 6.45) is 0. The Kier molecular flexibility index (Phi) is 3.87. The molecule has 2 aromatic carbocycles. The summed E-state index contributed by atoms with van der Waals surface area (Å²) in [5.41, 5.74) is 3.71. The number of methoxy groups -OCH3 is 1. The topological polar surface area (TPSA) is 67.8 Å². The Labute approximate surface area is 129 Å². The van der Waals surface area contributed by atoms with Crippen LogP contribution in [0, 0.1) is 6.92 Å². The maximum atomic E-state index is 12.3. The molecule has 0 aliphatic carbocycles. The van der Waals surface area contributed by atoms with Crippen LogP contribution in [0.2, 0.25) is 0 Å². The van der Waals surface area contributed by atoms with Crippen molar-refractivity contribution in [2.24, 2.45) is 0 Å². The van der Waals surface area contributed by atoms with Crippen molar-refractivity contribution in [3.05, 3.63) is 53.1 Å². The molecule has 22 heavy (non-hydrogen) atoms. The molecule has 1 aliphatic rings. The molecule has 112 valence electrons. The second kappa shape index (κ2) is 5.83. The van der Waals surface area contributed by atoms with Crippen LogP contribution in [0.25, 0.3) is 0 Å². The molecule has 2 N–H and O–H groups in total. The normalized spacial score (nSPS) is 13.0. The zero-order valence-electron chi connectivity index (χ0n) is 12.4. The molecule has 1 aliphatic heterocycles. The molecule has 0 aromatic heterocycles. The highest BCUT2D eigenvalue weighted by Crippen LogP contribution is 2.20. The molecule has 3 rings (SSSR count). The Morgan fingerprint density at radius 1 is 1.32 bits per heavy atom. The van der Waals surface area contributed by atoms with Gasteiger partial charge in [-0.2, -0.15) is 0 Å². The number of rotatable bonds is 3. The fourth-order valence-electron chi connectivity index (χ4n) is 2.52. The number of aryl methyl sites for hydroxylation is 1. The van der Waals surface area contributed by atoms with Gasteiger partial charge in [-0.25, -0.2) is 0 Å². The number of anilines is 1. The molecule has 0 unspecified atom stereocenters. The van der Waals surface area contributed by atoms with Crippen molar-refractivity contribution in [3.8, 4) is 5.75 Å². The average Bonchev–Trinajstić information content (AvgIpc) is 2.88. The highest BCUT2D eigenvalue weighted by atomic mass is 16.5. The monoisotopic (exact) mass is 297 g/mol. The number of nitrogens with one attached hydrogen (secondary N) is 1. The van der Waals surface area contributed by atoms with Crippen molar-refractivity contribution >= 4 is 24.2 Å². The number of ether oxygens (including phenoxy) is 1. The summed E-state index contributed by atoms with van der Waals surface area (Å²) >= 11 is 0. The SMILES string of the molecule is COc1ccc(C(=O)Nc2ccc3c(c2)B(O)OC3)cc1C. The van der Waals surface area contributed by atoms with E-state index in [1.807, 2.05) is 13.0 Å². The molecule has 0 saturated carbocycles.